The Kier molecular flexibility index (Phi) is 6.37. The number of nitrogens with one attached hydrogen (secondary N) is 1. The standard InChI is InChI=1S/C24H23ClN4O4/c1-2-33-23(31)16-9-6-10-17(13-16)27-24(32)28-11-12-29-18(14-28)19(22(26)30)20(25)21(29)15-7-4-3-5-8-15/h3-10,13H,2,11-12,14H2,1H3,(H2,26,30)(H,27,32). The summed E-state index contributed by atoms with van der Waals surface area (Å²) in [6.45, 7) is 3.00. The van der Waals surface area contributed by atoms with Crippen LogP contribution < -0.4 is 11.1 Å². The molecule has 3 N–H and O–H groups in total. The Morgan fingerprint density at radius 3 is 2.55 bits per heavy atom. The van der Waals surface area contributed by atoms with Crippen molar-refractivity contribution in [3.05, 3.63) is 76.4 Å². The smallest absolute Gasteiger partial charge is 0.338 e. The molecule has 0 atom stereocenters. The lowest BCUT2D eigenvalue weighted by molar-refractivity contribution is 0.0526. The van der Waals surface area contributed by atoms with Crippen molar-refractivity contribution in [2.24, 2.45) is 5.73 Å². The summed E-state index contributed by atoms with van der Waals surface area (Å²) < 4.78 is 6.96. The number of primary amides is 1. The third kappa shape index (κ3) is 4.42. The molecule has 1 aliphatic heterocycles. The highest BCUT2D eigenvalue weighted by Gasteiger charge is 2.31. The number of benzene rings is 2. The van der Waals surface area contributed by atoms with E-state index in [2.05, 4.69) is 5.32 Å². The molecule has 0 saturated carbocycles. The van der Waals surface area contributed by atoms with Crippen LogP contribution >= 0.6 is 11.6 Å². The normalized spacial score (nSPS) is 12.7. The molecular weight excluding hydrogens is 444 g/mol. The van der Waals surface area contributed by atoms with Gasteiger partial charge in [0.05, 0.1) is 40.7 Å². The monoisotopic (exact) mass is 466 g/mol. The number of aromatic nitrogens is 1. The second-order valence-electron chi connectivity index (χ2n) is 7.52. The summed E-state index contributed by atoms with van der Waals surface area (Å²) in [6, 6.07) is 15.7. The molecule has 170 valence electrons. The number of nitrogens with two attached hydrogens (primary N) is 1. The Morgan fingerprint density at radius 1 is 1.09 bits per heavy atom. The van der Waals surface area contributed by atoms with Gasteiger partial charge in [0.25, 0.3) is 5.91 Å². The lowest BCUT2D eigenvalue weighted by atomic mass is 10.1. The van der Waals surface area contributed by atoms with E-state index in [9.17, 15) is 14.4 Å². The second kappa shape index (κ2) is 9.38. The maximum Gasteiger partial charge on any atom is 0.338 e. The number of anilines is 1. The van der Waals surface area contributed by atoms with Crippen LogP contribution in [-0.4, -0.2) is 40.5 Å². The lowest BCUT2D eigenvalue weighted by Gasteiger charge is -2.30. The molecular formula is C24H23ClN4O4. The third-order valence-corrected chi connectivity index (χ3v) is 5.82. The molecule has 0 unspecified atom stereocenters. The Labute approximate surface area is 195 Å². The summed E-state index contributed by atoms with van der Waals surface area (Å²) in [5.74, 6) is -1.10. The van der Waals surface area contributed by atoms with Crippen molar-refractivity contribution < 1.29 is 19.1 Å². The summed E-state index contributed by atoms with van der Waals surface area (Å²) >= 11 is 6.59. The van der Waals surface area contributed by atoms with E-state index in [-0.39, 0.29) is 29.8 Å². The average Bonchev–Trinajstić information content (AvgIpc) is 3.11. The van der Waals surface area contributed by atoms with E-state index in [0.717, 1.165) is 5.56 Å². The number of ether oxygens (including phenoxy) is 1. The predicted molar refractivity (Wildman–Crippen MR) is 125 cm³/mol. The molecule has 4 rings (SSSR count). The summed E-state index contributed by atoms with van der Waals surface area (Å²) in [5, 5.41) is 3.09. The molecule has 0 bridgehead atoms. The van der Waals surface area contributed by atoms with E-state index in [1.165, 1.54) is 0 Å². The van der Waals surface area contributed by atoms with Gasteiger partial charge in [-0.05, 0) is 30.7 Å². The molecule has 0 radical (unpaired) electrons. The first-order chi connectivity index (χ1) is 15.9. The summed E-state index contributed by atoms with van der Waals surface area (Å²) in [6.07, 6.45) is 0. The number of carbonyl (C=O) groups is 3. The third-order valence-electron chi connectivity index (χ3n) is 5.45. The zero-order valence-corrected chi connectivity index (χ0v) is 18.8. The maximum absolute atomic E-state index is 13.0. The number of amides is 3. The van der Waals surface area contributed by atoms with Gasteiger partial charge in [0.1, 0.15) is 0 Å². The van der Waals surface area contributed by atoms with Gasteiger partial charge in [-0.15, -0.1) is 0 Å². The Bertz CT molecular complexity index is 1220. The first kappa shape index (κ1) is 22.4. The molecule has 0 fully saturated rings. The number of hydrogen-bond acceptors (Lipinski definition) is 4. The molecule has 8 nitrogen and oxygen atoms in total. The van der Waals surface area contributed by atoms with Gasteiger partial charge in [0.2, 0.25) is 0 Å². The number of hydrogen-bond donors (Lipinski definition) is 2. The number of rotatable bonds is 5. The van der Waals surface area contributed by atoms with Gasteiger partial charge >= 0.3 is 12.0 Å². The molecule has 2 aromatic carbocycles. The number of esters is 1. The van der Waals surface area contributed by atoms with E-state index in [0.29, 0.717) is 35.7 Å². The van der Waals surface area contributed by atoms with Crippen LogP contribution in [0.1, 0.15) is 33.3 Å². The SMILES string of the molecule is CCOC(=O)c1cccc(NC(=O)N2CCn3c(c(C(N)=O)c(Cl)c3-c3ccccc3)C2)c1. The Hall–Kier alpha value is -3.78. The van der Waals surface area contributed by atoms with Crippen LogP contribution in [0, 0.1) is 0 Å². The van der Waals surface area contributed by atoms with Crippen molar-refractivity contribution in [2.45, 2.75) is 20.0 Å². The fourth-order valence-electron chi connectivity index (χ4n) is 3.97. The number of carbonyl (C=O) groups excluding carboxylic acids is 3. The van der Waals surface area contributed by atoms with Crippen LogP contribution in [-0.2, 0) is 17.8 Å². The van der Waals surface area contributed by atoms with Gasteiger partial charge in [-0.25, -0.2) is 9.59 Å². The molecule has 33 heavy (non-hydrogen) atoms. The summed E-state index contributed by atoms with van der Waals surface area (Å²) in [5.41, 5.74) is 8.84. The molecule has 9 heteroatoms. The van der Waals surface area contributed by atoms with Crippen molar-refractivity contribution in [1.82, 2.24) is 9.47 Å². The van der Waals surface area contributed by atoms with Crippen LogP contribution in [0.3, 0.4) is 0 Å². The second-order valence-corrected chi connectivity index (χ2v) is 7.90. The Balaban J connectivity index is 1.59. The van der Waals surface area contributed by atoms with Crippen LogP contribution in [0.25, 0.3) is 11.3 Å². The van der Waals surface area contributed by atoms with Crippen LogP contribution in [0.2, 0.25) is 5.02 Å². The van der Waals surface area contributed by atoms with Crippen molar-refractivity contribution in [3.63, 3.8) is 0 Å². The van der Waals surface area contributed by atoms with Crippen molar-refractivity contribution >= 4 is 35.2 Å². The van der Waals surface area contributed by atoms with Crippen molar-refractivity contribution in [1.29, 1.82) is 0 Å². The van der Waals surface area contributed by atoms with Crippen LogP contribution in [0.5, 0.6) is 0 Å². The lowest BCUT2D eigenvalue weighted by Crippen LogP contribution is -2.41. The molecule has 0 spiro atoms. The zero-order valence-electron chi connectivity index (χ0n) is 18.0. The molecule has 3 amide bonds. The van der Waals surface area contributed by atoms with Crippen molar-refractivity contribution in [2.75, 3.05) is 18.5 Å². The summed E-state index contributed by atoms with van der Waals surface area (Å²) in [4.78, 5) is 38.7. The Morgan fingerprint density at radius 2 is 1.85 bits per heavy atom. The largest absolute Gasteiger partial charge is 0.462 e. The number of fused-ring (bicyclic) bond motifs is 1. The molecule has 3 aromatic rings. The van der Waals surface area contributed by atoms with Gasteiger partial charge in [0, 0.05) is 18.8 Å². The first-order valence-corrected chi connectivity index (χ1v) is 10.9. The van der Waals surface area contributed by atoms with E-state index in [4.69, 9.17) is 22.1 Å². The highest BCUT2D eigenvalue weighted by atomic mass is 35.5. The van der Waals surface area contributed by atoms with E-state index in [1.54, 1.807) is 36.1 Å². The first-order valence-electron chi connectivity index (χ1n) is 10.5. The topological polar surface area (TPSA) is 107 Å². The molecule has 0 aliphatic carbocycles. The van der Waals surface area contributed by atoms with Gasteiger partial charge in [-0.2, -0.15) is 0 Å². The number of halogens is 1. The van der Waals surface area contributed by atoms with Crippen LogP contribution in [0.4, 0.5) is 10.5 Å². The average molecular weight is 467 g/mol. The maximum atomic E-state index is 13.0. The van der Waals surface area contributed by atoms with Gasteiger partial charge < -0.3 is 25.3 Å². The highest BCUT2D eigenvalue weighted by Crippen LogP contribution is 2.37. The number of nitrogens with zero attached hydrogens (tertiary/aromatic N) is 2. The molecule has 1 aliphatic rings. The molecule has 0 saturated heterocycles. The van der Waals surface area contributed by atoms with Crippen LogP contribution in [0.15, 0.2) is 54.6 Å². The quantitative estimate of drug-likeness (QED) is 0.551. The minimum Gasteiger partial charge on any atom is -0.462 e. The van der Waals surface area contributed by atoms with E-state index in [1.807, 2.05) is 34.9 Å². The zero-order chi connectivity index (χ0) is 23.5. The fraction of sp³-hybridized carbons (Fsp3) is 0.208. The van der Waals surface area contributed by atoms with Crippen molar-refractivity contribution in [3.8, 4) is 11.3 Å². The van der Waals surface area contributed by atoms with Gasteiger partial charge in [-0.1, -0.05) is 48.0 Å². The summed E-state index contributed by atoms with van der Waals surface area (Å²) in [7, 11) is 0. The highest BCUT2D eigenvalue weighted by molar-refractivity contribution is 6.36. The minimum atomic E-state index is -0.643. The molecule has 2 heterocycles. The number of urea groups is 1. The minimum absolute atomic E-state index is 0.161. The van der Waals surface area contributed by atoms with E-state index < -0.39 is 11.9 Å². The molecule has 1 aromatic heterocycles. The van der Waals surface area contributed by atoms with E-state index >= 15 is 0 Å². The van der Waals surface area contributed by atoms with Gasteiger partial charge in [0.15, 0.2) is 0 Å². The predicted octanol–water partition coefficient (Wildman–Crippen LogP) is 4.13. The fourth-order valence-corrected chi connectivity index (χ4v) is 4.38. The van der Waals surface area contributed by atoms with Gasteiger partial charge in [-0.3, -0.25) is 4.79 Å².